The van der Waals surface area contributed by atoms with Crippen LogP contribution in [-0.2, 0) is 11.2 Å². The molecular formula is C28H36ClNO3. The number of aliphatic carboxylic acids is 1. The highest BCUT2D eigenvalue weighted by atomic mass is 35.5. The second-order valence-electron chi connectivity index (χ2n) is 10.7. The van der Waals surface area contributed by atoms with Crippen molar-refractivity contribution in [2.45, 2.75) is 89.3 Å². The highest BCUT2D eigenvalue weighted by molar-refractivity contribution is 6.37. The number of hydrogen-bond donors (Lipinski definition) is 1. The van der Waals surface area contributed by atoms with Crippen LogP contribution in [0.5, 0.6) is 5.75 Å². The summed E-state index contributed by atoms with van der Waals surface area (Å²) in [6.45, 7) is 3.38. The van der Waals surface area contributed by atoms with Gasteiger partial charge < -0.3 is 9.84 Å². The lowest BCUT2D eigenvalue weighted by Crippen LogP contribution is -2.45. The molecule has 0 aromatic heterocycles. The summed E-state index contributed by atoms with van der Waals surface area (Å²) in [5, 5.41) is 12.4. The number of aryl methyl sites for hydroxylation is 1. The SMILES string of the molecule is CC1CCC(Oc2ccc3cc(CCCN4C5CCC4CC(C(=O)O)C5)ccc3c2Cl)CC1. The molecule has 1 aliphatic carbocycles. The van der Waals surface area contributed by atoms with Gasteiger partial charge in [-0.25, -0.2) is 0 Å². The van der Waals surface area contributed by atoms with Gasteiger partial charge in [0.15, 0.2) is 0 Å². The van der Waals surface area contributed by atoms with Gasteiger partial charge >= 0.3 is 5.97 Å². The molecule has 2 unspecified atom stereocenters. The van der Waals surface area contributed by atoms with Crippen LogP contribution in [0.4, 0.5) is 0 Å². The number of nitrogens with zero attached hydrogens (tertiary/aromatic N) is 1. The fourth-order valence-electron chi connectivity index (χ4n) is 6.40. The molecule has 0 amide bonds. The summed E-state index contributed by atoms with van der Waals surface area (Å²) in [5.74, 6) is 0.876. The normalized spacial score (nSPS) is 29.9. The van der Waals surface area contributed by atoms with E-state index in [-0.39, 0.29) is 12.0 Å². The van der Waals surface area contributed by atoms with Gasteiger partial charge in [-0.15, -0.1) is 0 Å². The van der Waals surface area contributed by atoms with E-state index in [1.165, 1.54) is 23.8 Å². The van der Waals surface area contributed by atoms with Gasteiger partial charge in [-0.3, -0.25) is 9.69 Å². The average Bonchev–Trinajstić information content (AvgIpc) is 3.03. The van der Waals surface area contributed by atoms with Crippen LogP contribution in [0.2, 0.25) is 5.02 Å². The number of carboxylic acid groups (broad SMARTS) is 1. The highest BCUT2D eigenvalue weighted by Crippen LogP contribution is 2.39. The van der Waals surface area contributed by atoms with Crippen LogP contribution >= 0.6 is 11.6 Å². The predicted octanol–water partition coefficient (Wildman–Crippen LogP) is 6.71. The summed E-state index contributed by atoms with van der Waals surface area (Å²) in [6.07, 6.45) is 11.1. The van der Waals surface area contributed by atoms with Crippen molar-refractivity contribution in [2.75, 3.05) is 6.54 Å². The van der Waals surface area contributed by atoms with E-state index in [2.05, 4.69) is 36.1 Å². The maximum absolute atomic E-state index is 11.4. The third-order valence-electron chi connectivity index (χ3n) is 8.35. The second-order valence-corrected chi connectivity index (χ2v) is 11.0. The van der Waals surface area contributed by atoms with Crippen LogP contribution in [0.15, 0.2) is 30.3 Å². The molecule has 1 N–H and O–H groups in total. The molecule has 0 radical (unpaired) electrons. The molecule has 178 valence electrons. The Morgan fingerprint density at radius 1 is 1.06 bits per heavy atom. The number of ether oxygens (including phenoxy) is 1. The van der Waals surface area contributed by atoms with Crippen molar-refractivity contribution >= 4 is 28.3 Å². The van der Waals surface area contributed by atoms with E-state index in [4.69, 9.17) is 16.3 Å². The summed E-state index contributed by atoms with van der Waals surface area (Å²) in [4.78, 5) is 14.0. The number of benzene rings is 2. The van der Waals surface area contributed by atoms with E-state index >= 15 is 0 Å². The van der Waals surface area contributed by atoms with Crippen LogP contribution in [0.3, 0.4) is 0 Å². The van der Waals surface area contributed by atoms with Crippen molar-refractivity contribution in [2.24, 2.45) is 11.8 Å². The molecule has 2 heterocycles. The molecule has 2 atom stereocenters. The summed E-state index contributed by atoms with van der Waals surface area (Å²) in [7, 11) is 0. The molecular weight excluding hydrogens is 434 g/mol. The Morgan fingerprint density at radius 2 is 1.79 bits per heavy atom. The van der Waals surface area contributed by atoms with E-state index in [0.29, 0.717) is 12.1 Å². The first-order chi connectivity index (χ1) is 16.0. The van der Waals surface area contributed by atoms with Crippen molar-refractivity contribution in [3.8, 4) is 5.75 Å². The van der Waals surface area contributed by atoms with Gasteiger partial charge in [-0.05, 0) is 93.7 Å². The first kappa shape index (κ1) is 23.0. The van der Waals surface area contributed by atoms with Gasteiger partial charge in [-0.1, -0.05) is 42.8 Å². The first-order valence-electron chi connectivity index (χ1n) is 12.8. The van der Waals surface area contributed by atoms with Crippen LogP contribution in [-0.4, -0.2) is 40.7 Å². The number of piperidine rings is 1. The second kappa shape index (κ2) is 9.84. The molecule has 33 heavy (non-hydrogen) atoms. The van der Waals surface area contributed by atoms with Crippen LogP contribution in [0.25, 0.3) is 10.8 Å². The molecule has 2 aromatic carbocycles. The number of carboxylic acids is 1. The summed E-state index contributed by atoms with van der Waals surface area (Å²) >= 11 is 6.75. The van der Waals surface area contributed by atoms with Crippen LogP contribution in [0.1, 0.15) is 70.3 Å². The van der Waals surface area contributed by atoms with Crippen molar-refractivity contribution in [3.05, 3.63) is 40.9 Å². The minimum atomic E-state index is -0.608. The topological polar surface area (TPSA) is 49.8 Å². The Bertz CT molecular complexity index is 986. The van der Waals surface area contributed by atoms with E-state index in [9.17, 15) is 9.90 Å². The van der Waals surface area contributed by atoms with Crippen molar-refractivity contribution in [1.82, 2.24) is 4.90 Å². The summed E-state index contributed by atoms with van der Waals surface area (Å²) < 4.78 is 6.28. The molecule has 2 bridgehead atoms. The molecule has 5 rings (SSSR count). The zero-order chi connectivity index (χ0) is 22.9. The number of rotatable bonds is 7. The van der Waals surface area contributed by atoms with Gasteiger partial charge in [0.25, 0.3) is 0 Å². The molecule has 1 saturated carbocycles. The van der Waals surface area contributed by atoms with Crippen LogP contribution in [0, 0.1) is 11.8 Å². The van der Waals surface area contributed by atoms with Gasteiger partial charge in [0.2, 0.25) is 0 Å². The first-order valence-corrected chi connectivity index (χ1v) is 13.2. The maximum atomic E-state index is 11.4. The van der Waals surface area contributed by atoms with E-state index in [1.807, 2.05) is 6.07 Å². The van der Waals surface area contributed by atoms with E-state index in [0.717, 1.165) is 80.0 Å². The fraction of sp³-hybridized carbons (Fsp3) is 0.607. The monoisotopic (exact) mass is 469 g/mol. The average molecular weight is 470 g/mol. The van der Waals surface area contributed by atoms with Gasteiger partial charge in [0.1, 0.15) is 5.75 Å². The third-order valence-corrected chi connectivity index (χ3v) is 8.74. The largest absolute Gasteiger partial charge is 0.489 e. The molecule has 2 aliphatic heterocycles. The quantitative estimate of drug-likeness (QED) is 0.489. The predicted molar refractivity (Wildman–Crippen MR) is 133 cm³/mol. The Balaban J connectivity index is 1.18. The molecule has 2 aromatic rings. The molecule has 3 fully saturated rings. The van der Waals surface area contributed by atoms with E-state index < -0.39 is 5.97 Å². The minimum absolute atomic E-state index is 0.139. The van der Waals surface area contributed by atoms with Gasteiger partial charge in [0.05, 0.1) is 17.0 Å². The Kier molecular flexibility index (Phi) is 6.85. The van der Waals surface area contributed by atoms with Crippen molar-refractivity contribution in [3.63, 3.8) is 0 Å². The Labute approximate surface area is 202 Å². The fourth-order valence-corrected chi connectivity index (χ4v) is 6.68. The van der Waals surface area contributed by atoms with Gasteiger partial charge in [0, 0.05) is 17.5 Å². The lowest BCUT2D eigenvalue weighted by atomic mass is 9.89. The lowest BCUT2D eigenvalue weighted by molar-refractivity contribution is -0.144. The molecule has 4 nitrogen and oxygen atoms in total. The number of fused-ring (bicyclic) bond motifs is 3. The zero-order valence-electron chi connectivity index (χ0n) is 19.6. The summed E-state index contributed by atoms with van der Waals surface area (Å²) in [6, 6.07) is 11.7. The number of carbonyl (C=O) groups is 1. The molecule has 3 aliphatic rings. The maximum Gasteiger partial charge on any atom is 0.306 e. The highest BCUT2D eigenvalue weighted by Gasteiger charge is 2.42. The minimum Gasteiger partial charge on any atom is -0.489 e. The van der Waals surface area contributed by atoms with Crippen molar-refractivity contribution in [1.29, 1.82) is 0 Å². The lowest BCUT2D eigenvalue weighted by Gasteiger charge is -2.37. The molecule has 2 saturated heterocycles. The Morgan fingerprint density at radius 3 is 2.48 bits per heavy atom. The summed E-state index contributed by atoms with van der Waals surface area (Å²) in [5.41, 5.74) is 1.33. The van der Waals surface area contributed by atoms with Crippen molar-refractivity contribution < 1.29 is 14.6 Å². The number of hydrogen-bond acceptors (Lipinski definition) is 3. The Hall–Kier alpha value is -1.78. The zero-order valence-corrected chi connectivity index (χ0v) is 20.4. The molecule has 0 spiro atoms. The smallest absolute Gasteiger partial charge is 0.306 e. The van der Waals surface area contributed by atoms with Crippen LogP contribution < -0.4 is 4.74 Å². The van der Waals surface area contributed by atoms with Gasteiger partial charge in [-0.2, -0.15) is 0 Å². The standard InChI is InChI=1S/C28H36ClNO3/c1-18-4-10-24(11-5-18)33-26-13-7-20-15-19(6-12-25(20)27(26)29)3-2-14-30-22-8-9-23(30)17-21(16-22)28(31)32/h6-7,12-13,15,18,21-24H,2-5,8-11,14,16-17H2,1H3,(H,31,32). The third kappa shape index (κ3) is 5.02. The van der Waals surface area contributed by atoms with E-state index in [1.54, 1.807) is 0 Å². The number of halogens is 1. The molecule has 5 heteroatoms.